The minimum atomic E-state index is -0.628. The third-order valence-corrected chi connectivity index (χ3v) is 3.91. The van der Waals surface area contributed by atoms with Crippen molar-refractivity contribution in [2.24, 2.45) is 11.7 Å². The van der Waals surface area contributed by atoms with E-state index in [9.17, 15) is 5.11 Å². The summed E-state index contributed by atoms with van der Waals surface area (Å²) in [6.07, 6.45) is 6.73. The van der Waals surface area contributed by atoms with E-state index in [0.29, 0.717) is 6.54 Å². The van der Waals surface area contributed by atoms with Crippen molar-refractivity contribution in [2.45, 2.75) is 58.0 Å². The van der Waals surface area contributed by atoms with Gasteiger partial charge in [-0.05, 0) is 57.5 Å². The van der Waals surface area contributed by atoms with Gasteiger partial charge in [0.1, 0.15) is 0 Å². The number of hydrogen-bond acceptors (Lipinski definition) is 3. The monoisotopic (exact) mass is 242 g/mol. The highest BCUT2D eigenvalue weighted by molar-refractivity contribution is 4.80. The fourth-order valence-electron chi connectivity index (χ4n) is 2.33. The fraction of sp³-hybridized carbons (Fsp3) is 1.00. The molecule has 1 atom stereocenters. The molecule has 0 aromatic rings. The van der Waals surface area contributed by atoms with Crippen LogP contribution in [0.2, 0.25) is 0 Å². The molecule has 3 heteroatoms. The Morgan fingerprint density at radius 2 is 2.00 bits per heavy atom. The van der Waals surface area contributed by atoms with Gasteiger partial charge < -0.3 is 15.7 Å². The van der Waals surface area contributed by atoms with Crippen LogP contribution in [-0.4, -0.2) is 41.8 Å². The van der Waals surface area contributed by atoms with Crippen LogP contribution in [0, 0.1) is 5.92 Å². The maximum Gasteiger partial charge on any atom is 0.0767 e. The lowest BCUT2D eigenvalue weighted by Crippen LogP contribution is -2.38. The molecule has 0 spiro atoms. The van der Waals surface area contributed by atoms with Crippen LogP contribution in [0.5, 0.6) is 0 Å². The van der Waals surface area contributed by atoms with E-state index in [4.69, 9.17) is 5.73 Å². The summed E-state index contributed by atoms with van der Waals surface area (Å²) < 4.78 is 0. The number of nitrogens with two attached hydrogens (primary N) is 1. The highest BCUT2D eigenvalue weighted by Gasteiger charge is 2.25. The molecular formula is C14H30N2O. The van der Waals surface area contributed by atoms with Crippen molar-refractivity contribution in [2.75, 3.05) is 26.2 Å². The second kappa shape index (κ2) is 7.34. The molecule has 1 saturated carbocycles. The van der Waals surface area contributed by atoms with Crippen molar-refractivity contribution < 1.29 is 5.11 Å². The van der Waals surface area contributed by atoms with Crippen LogP contribution in [0.25, 0.3) is 0 Å². The number of nitrogens with zero attached hydrogens (tertiary/aromatic N) is 1. The quantitative estimate of drug-likeness (QED) is 0.616. The first-order chi connectivity index (χ1) is 8.13. The Kier molecular flexibility index (Phi) is 6.45. The molecule has 0 saturated heterocycles. The average Bonchev–Trinajstić information content (AvgIpc) is 3.13. The Bertz CT molecular complexity index is 200. The summed E-state index contributed by atoms with van der Waals surface area (Å²) in [4.78, 5) is 2.56. The van der Waals surface area contributed by atoms with E-state index in [2.05, 4.69) is 11.8 Å². The molecule has 1 rings (SSSR count). The van der Waals surface area contributed by atoms with Crippen molar-refractivity contribution >= 4 is 0 Å². The summed E-state index contributed by atoms with van der Waals surface area (Å²) in [6.45, 7) is 8.22. The summed E-state index contributed by atoms with van der Waals surface area (Å²) >= 11 is 0. The van der Waals surface area contributed by atoms with E-state index in [1.807, 2.05) is 6.92 Å². The molecule has 102 valence electrons. The standard InChI is InChI=1S/C14H30N2O/c1-3-9-16(11-13-6-7-13)10-5-8-14(17,4-2)12-15/h13,17H,3-12,15H2,1-2H3. The molecule has 1 aliphatic carbocycles. The van der Waals surface area contributed by atoms with Crippen LogP contribution in [0.4, 0.5) is 0 Å². The smallest absolute Gasteiger partial charge is 0.0767 e. The molecule has 3 nitrogen and oxygen atoms in total. The first-order valence-corrected chi connectivity index (χ1v) is 7.28. The fourth-order valence-corrected chi connectivity index (χ4v) is 2.33. The highest BCUT2D eigenvalue weighted by Crippen LogP contribution is 2.30. The van der Waals surface area contributed by atoms with Crippen LogP contribution >= 0.6 is 0 Å². The van der Waals surface area contributed by atoms with Crippen molar-refractivity contribution in [3.63, 3.8) is 0 Å². The van der Waals surface area contributed by atoms with E-state index in [0.717, 1.165) is 31.7 Å². The van der Waals surface area contributed by atoms with Crippen molar-refractivity contribution in [1.82, 2.24) is 4.90 Å². The number of rotatable bonds is 10. The van der Waals surface area contributed by atoms with Crippen LogP contribution in [0.15, 0.2) is 0 Å². The van der Waals surface area contributed by atoms with Gasteiger partial charge >= 0.3 is 0 Å². The van der Waals surface area contributed by atoms with Gasteiger partial charge in [-0.25, -0.2) is 0 Å². The van der Waals surface area contributed by atoms with Crippen molar-refractivity contribution in [3.8, 4) is 0 Å². The molecule has 0 aliphatic heterocycles. The summed E-state index contributed by atoms with van der Waals surface area (Å²) in [7, 11) is 0. The van der Waals surface area contributed by atoms with E-state index in [1.54, 1.807) is 0 Å². The predicted molar refractivity (Wildman–Crippen MR) is 73.0 cm³/mol. The molecule has 0 bridgehead atoms. The number of hydrogen-bond donors (Lipinski definition) is 2. The Balaban J connectivity index is 2.20. The molecule has 1 fully saturated rings. The largest absolute Gasteiger partial charge is 0.389 e. The minimum Gasteiger partial charge on any atom is -0.389 e. The minimum absolute atomic E-state index is 0.389. The lowest BCUT2D eigenvalue weighted by molar-refractivity contribution is 0.0315. The van der Waals surface area contributed by atoms with Crippen LogP contribution in [0.3, 0.4) is 0 Å². The Labute approximate surface area is 106 Å². The third kappa shape index (κ3) is 5.84. The second-order valence-corrected chi connectivity index (χ2v) is 5.63. The van der Waals surface area contributed by atoms with E-state index in [-0.39, 0.29) is 0 Å². The molecule has 0 heterocycles. The summed E-state index contributed by atoms with van der Waals surface area (Å²) in [5, 5.41) is 10.1. The van der Waals surface area contributed by atoms with Gasteiger partial charge in [-0.15, -0.1) is 0 Å². The first-order valence-electron chi connectivity index (χ1n) is 7.28. The van der Waals surface area contributed by atoms with Gasteiger partial charge in [0.15, 0.2) is 0 Å². The van der Waals surface area contributed by atoms with Gasteiger partial charge in [0.2, 0.25) is 0 Å². The van der Waals surface area contributed by atoms with Crippen molar-refractivity contribution in [1.29, 1.82) is 0 Å². The summed E-state index contributed by atoms with van der Waals surface area (Å²) in [6, 6.07) is 0. The van der Waals surface area contributed by atoms with Crippen LogP contribution < -0.4 is 5.73 Å². The molecule has 0 aromatic carbocycles. The molecule has 0 radical (unpaired) electrons. The SMILES string of the molecule is CCCN(CCCC(O)(CC)CN)CC1CC1. The Morgan fingerprint density at radius 1 is 1.29 bits per heavy atom. The molecular weight excluding hydrogens is 212 g/mol. The Morgan fingerprint density at radius 3 is 2.47 bits per heavy atom. The van der Waals surface area contributed by atoms with Gasteiger partial charge in [-0.3, -0.25) is 0 Å². The van der Waals surface area contributed by atoms with E-state index in [1.165, 1.54) is 32.4 Å². The predicted octanol–water partition coefficient (Wildman–Crippen LogP) is 1.99. The molecule has 3 N–H and O–H groups in total. The maximum absolute atomic E-state index is 10.1. The van der Waals surface area contributed by atoms with Gasteiger partial charge in [-0.2, -0.15) is 0 Å². The zero-order valence-electron chi connectivity index (χ0n) is 11.6. The van der Waals surface area contributed by atoms with Crippen LogP contribution in [0.1, 0.15) is 52.4 Å². The molecule has 1 unspecified atom stereocenters. The zero-order chi connectivity index (χ0) is 12.7. The Hall–Kier alpha value is -0.120. The molecule has 17 heavy (non-hydrogen) atoms. The van der Waals surface area contributed by atoms with Gasteiger partial charge in [0, 0.05) is 13.1 Å². The lowest BCUT2D eigenvalue weighted by Gasteiger charge is -2.27. The van der Waals surface area contributed by atoms with Gasteiger partial charge in [0.25, 0.3) is 0 Å². The zero-order valence-corrected chi connectivity index (χ0v) is 11.6. The van der Waals surface area contributed by atoms with Crippen LogP contribution in [-0.2, 0) is 0 Å². The molecule has 1 aliphatic rings. The second-order valence-electron chi connectivity index (χ2n) is 5.63. The average molecular weight is 242 g/mol. The topological polar surface area (TPSA) is 49.5 Å². The van der Waals surface area contributed by atoms with E-state index < -0.39 is 5.60 Å². The maximum atomic E-state index is 10.1. The highest BCUT2D eigenvalue weighted by atomic mass is 16.3. The summed E-state index contributed by atoms with van der Waals surface area (Å²) in [5.74, 6) is 0.959. The summed E-state index contributed by atoms with van der Waals surface area (Å²) in [5.41, 5.74) is 4.99. The first kappa shape index (κ1) is 14.9. The lowest BCUT2D eigenvalue weighted by atomic mass is 9.95. The number of aliphatic hydroxyl groups is 1. The normalized spacial score (nSPS) is 19.6. The van der Waals surface area contributed by atoms with Gasteiger partial charge in [0.05, 0.1) is 5.60 Å². The van der Waals surface area contributed by atoms with E-state index >= 15 is 0 Å². The third-order valence-electron chi connectivity index (χ3n) is 3.91. The molecule has 0 amide bonds. The molecule has 0 aromatic heterocycles. The van der Waals surface area contributed by atoms with Gasteiger partial charge in [-0.1, -0.05) is 13.8 Å². The van der Waals surface area contributed by atoms with Crippen molar-refractivity contribution in [3.05, 3.63) is 0 Å².